The Labute approximate surface area is 161 Å². The molecule has 1 amide bonds. The molecule has 8 heteroatoms. The summed E-state index contributed by atoms with van der Waals surface area (Å²) >= 11 is 0. The van der Waals surface area contributed by atoms with Crippen LogP contribution in [-0.4, -0.2) is 25.5 Å². The van der Waals surface area contributed by atoms with E-state index in [9.17, 15) is 13.6 Å². The lowest BCUT2D eigenvalue weighted by Gasteiger charge is -2.12. The monoisotopic (exact) mass is 460 g/mol. The van der Waals surface area contributed by atoms with E-state index in [1.54, 1.807) is 12.1 Å². The van der Waals surface area contributed by atoms with E-state index in [1.807, 2.05) is 18.2 Å². The number of carbonyl (C=O) groups excluding carboxylic acids is 1. The summed E-state index contributed by atoms with van der Waals surface area (Å²) < 4.78 is 26.7. The molecular weight excluding hydrogens is 441 g/mol. The molecule has 2 aromatic rings. The Morgan fingerprint density at radius 1 is 1.08 bits per heavy atom. The van der Waals surface area contributed by atoms with E-state index in [1.165, 1.54) is 7.05 Å². The molecule has 0 atom stereocenters. The van der Waals surface area contributed by atoms with Crippen molar-refractivity contribution in [1.82, 2.24) is 10.6 Å². The van der Waals surface area contributed by atoms with Gasteiger partial charge in [-0.15, -0.1) is 24.0 Å². The fraction of sp³-hybridized carbons (Fsp3) is 0.176. The van der Waals surface area contributed by atoms with Crippen LogP contribution < -0.4 is 16.0 Å². The van der Waals surface area contributed by atoms with Crippen LogP contribution in [0.15, 0.2) is 53.5 Å². The zero-order valence-corrected chi connectivity index (χ0v) is 15.9. The molecule has 0 unspecified atom stereocenters. The second kappa shape index (κ2) is 10.6. The highest BCUT2D eigenvalue weighted by atomic mass is 127. The molecule has 0 saturated carbocycles. The number of nitrogens with zero attached hydrogens (tertiary/aromatic N) is 1. The molecule has 5 nitrogen and oxygen atoms in total. The number of rotatable bonds is 5. The largest absolute Gasteiger partial charge is 0.352 e. The van der Waals surface area contributed by atoms with Crippen LogP contribution in [0.4, 0.5) is 14.5 Å². The number of halogens is 3. The predicted molar refractivity (Wildman–Crippen MR) is 105 cm³/mol. The predicted octanol–water partition coefficient (Wildman–Crippen LogP) is 2.89. The highest BCUT2D eigenvalue weighted by Gasteiger charge is 2.07. The second-order valence-electron chi connectivity index (χ2n) is 4.93. The summed E-state index contributed by atoms with van der Waals surface area (Å²) in [4.78, 5) is 15.8. The van der Waals surface area contributed by atoms with Crippen LogP contribution in [0.3, 0.4) is 0 Å². The van der Waals surface area contributed by atoms with Crippen molar-refractivity contribution in [1.29, 1.82) is 0 Å². The van der Waals surface area contributed by atoms with Gasteiger partial charge in [0.2, 0.25) is 5.91 Å². The number of anilines is 1. The Kier molecular flexibility index (Phi) is 8.82. The van der Waals surface area contributed by atoms with E-state index in [0.717, 1.165) is 18.2 Å². The molecule has 0 radical (unpaired) electrons. The van der Waals surface area contributed by atoms with E-state index in [0.29, 0.717) is 11.6 Å². The van der Waals surface area contributed by atoms with E-state index < -0.39 is 11.6 Å². The number of para-hydroxylation sites is 1. The second-order valence-corrected chi connectivity index (χ2v) is 4.93. The van der Waals surface area contributed by atoms with Gasteiger partial charge in [0.25, 0.3) is 0 Å². The zero-order chi connectivity index (χ0) is 17.4. The lowest BCUT2D eigenvalue weighted by Crippen LogP contribution is -2.41. The number of benzene rings is 2. The van der Waals surface area contributed by atoms with Crippen LogP contribution in [0.1, 0.15) is 5.56 Å². The van der Waals surface area contributed by atoms with Gasteiger partial charge in [0.05, 0.1) is 6.54 Å². The SMILES string of the molecule is CN=C(NCC(=O)Nc1ccccc1)NCc1cc(F)ccc1F.I. The summed E-state index contributed by atoms with van der Waals surface area (Å²) in [6.07, 6.45) is 0. The van der Waals surface area contributed by atoms with Gasteiger partial charge in [0.15, 0.2) is 5.96 Å². The van der Waals surface area contributed by atoms with Crippen molar-refractivity contribution < 1.29 is 13.6 Å². The van der Waals surface area contributed by atoms with Crippen molar-refractivity contribution in [3.8, 4) is 0 Å². The van der Waals surface area contributed by atoms with E-state index >= 15 is 0 Å². The highest BCUT2D eigenvalue weighted by molar-refractivity contribution is 14.0. The van der Waals surface area contributed by atoms with E-state index in [2.05, 4.69) is 20.9 Å². The molecule has 0 heterocycles. The van der Waals surface area contributed by atoms with Crippen LogP contribution >= 0.6 is 24.0 Å². The standard InChI is InChI=1S/C17H18F2N4O.HI/c1-20-17(21-10-12-9-13(18)7-8-15(12)19)22-11-16(24)23-14-5-3-2-4-6-14;/h2-9H,10-11H2,1H3,(H,23,24)(H2,20,21,22);1H. The lowest BCUT2D eigenvalue weighted by atomic mass is 10.2. The molecule has 0 aliphatic rings. The van der Waals surface area contributed by atoms with Crippen molar-refractivity contribution in [2.24, 2.45) is 4.99 Å². The summed E-state index contributed by atoms with van der Waals surface area (Å²) in [5.74, 6) is -0.970. The van der Waals surface area contributed by atoms with Gasteiger partial charge in [-0.1, -0.05) is 18.2 Å². The van der Waals surface area contributed by atoms with Gasteiger partial charge in [0.1, 0.15) is 11.6 Å². The van der Waals surface area contributed by atoms with Gasteiger partial charge in [-0.2, -0.15) is 0 Å². The van der Waals surface area contributed by atoms with Crippen molar-refractivity contribution in [3.05, 3.63) is 65.7 Å². The molecule has 25 heavy (non-hydrogen) atoms. The first-order chi connectivity index (χ1) is 11.6. The van der Waals surface area contributed by atoms with Crippen LogP contribution in [0.2, 0.25) is 0 Å². The fourth-order valence-corrected chi connectivity index (χ4v) is 1.97. The van der Waals surface area contributed by atoms with Crippen LogP contribution in [-0.2, 0) is 11.3 Å². The summed E-state index contributed by atoms with van der Waals surface area (Å²) in [6.45, 7) is 0.0315. The van der Waals surface area contributed by atoms with E-state index in [4.69, 9.17) is 0 Å². The maximum absolute atomic E-state index is 13.5. The molecule has 0 aromatic heterocycles. The smallest absolute Gasteiger partial charge is 0.243 e. The molecule has 2 rings (SSSR count). The average Bonchev–Trinajstić information content (AvgIpc) is 2.58. The Hall–Kier alpha value is -2.23. The number of nitrogens with one attached hydrogen (secondary N) is 3. The van der Waals surface area contributed by atoms with Gasteiger partial charge in [0, 0.05) is 24.8 Å². The molecule has 3 N–H and O–H groups in total. The number of hydrogen-bond donors (Lipinski definition) is 3. The topological polar surface area (TPSA) is 65.5 Å². The summed E-state index contributed by atoms with van der Waals surface area (Å²) in [5.41, 5.74) is 0.862. The van der Waals surface area contributed by atoms with Crippen LogP contribution in [0, 0.1) is 11.6 Å². The third-order valence-electron chi connectivity index (χ3n) is 3.15. The summed E-state index contributed by atoms with van der Waals surface area (Å²) in [6, 6.07) is 12.3. The Morgan fingerprint density at radius 3 is 2.48 bits per heavy atom. The Balaban J connectivity index is 0.00000312. The first-order valence-electron chi connectivity index (χ1n) is 7.32. The quantitative estimate of drug-likeness (QED) is 0.366. The molecule has 0 saturated heterocycles. The van der Waals surface area contributed by atoms with Gasteiger partial charge in [-0.3, -0.25) is 9.79 Å². The fourth-order valence-electron chi connectivity index (χ4n) is 1.97. The van der Waals surface area contributed by atoms with Gasteiger partial charge in [-0.05, 0) is 30.3 Å². The molecule has 0 spiro atoms. The normalized spacial score (nSPS) is 10.6. The number of carbonyl (C=O) groups is 1. The molecule has 0 aliphatic carbocycles. The van der Waals surface area contributed by atoms with Crippen molar-refractivity contribution in [2.45, 2.75) is 6.54 Å². The Bertz CT molecular complexity index is 726. The first-order valence-corrected chi connectivity index (χ1v) is 7.32. The zero-order valence-electron chi connectivity index (χ0n) is 13.6. The molecule has 0 fully saturated rings. The molecule has 2 aromatic carbocycles. The first kappa shape index (κ1) is 20.8. The third kappa shape index (κ3) is 7.04. The Morgan fingerprint density at radius 2 is 1.80 bits per heavy atom. The summed E-state index contributed by atoms with van der Waals surface area (Å²) in [5, 5.41) is 8.35. The van der Waals surface area contributed by atoms with Crippen molar-refractivity contribution in [3.63, 3.8) is 0 Å². The molecule has 134 valence electrons. The molecule has 0 aliphatic heterocycles. The van der Waals surface area contributed by atoms with E-state index in [-0.39, 0.29) is 48.5 Å². The minimum Gasteiger partial charge on any atom is -0.352 e. The van der Waals surface area contributed by atoms with Crippen LogP contribution in [0.25, 0.3) is 0 Å². The third-order valence-corrected chi connectivity index (χ3v) is 3.15. The molecular formula is C17H19F2IN4O. The number of guanidine groups is 1. The number of hydrogen-bond acceptors (Lipinski definition) is 2. The maximum atomic E-state index is 13.5. The number of amides is 1. The van der Waals surface area contributed by atoms with Crippen molar-refractivity contribution in [2.75, 3.05) is 18.9 Å². The van der Waals surface area contributed by atoms with Crippen LogP contribution in [0.5, 0.6) is 0 Å². The van der Waals surface area contributed by atoms with Gasteiger partial charge >= 0.3 is 0 Å². The summed E-state index contributed by atoms with van der Waals surface area (Å²) in [7, 11) is 1.52. The van der Waals surface area contributed by atoms with Gasteiger partial charge in [-0.25, -0.2) is 8.78 Å². The van der Waals surface area contributed by atoms with Crippen molar-refractivity contribution >= 4 is 41.5 Å². The maximum Gasteiger partial charge on any atom is 0.243 e. The minimum atomic E-state index is -0.515. The number of aliphatic imine (C=N–C) groups is 1. The molecule has 0 bridgehead atoms. The highest BCUT2D eigenvalue weighted by Crippen LogP contribution is 2.09. The van der Waals surface area contributed by atoms with Gasteiger partial charge < -0.3 is 16.0 Å². The minimum absolute atomic E-state index is 0. The average molecular weight is 460 g/mol. The lowest BCUT2D eigenvalue weighted by molar-refractivity contribution is -0.115.